The van der Waals surface area contributed by atoms with Crippen molar-refractivity contribution in [1.29, 1.82) is 0 Å². The predicted molar refractivity (Wildman–Crippen MR) is 145 cm³/mol. The molecular formula is C30H37F2N3O4. The summed E-state index contributed by atoms with van der Waals surface area (Å²) in [7, 11) is 0. The Morgan fingerprint density at radius 3 is 2.46 bits per heavy atom. The van der Waals surface area contributed by atoms with E-state index in [1.807, 2.05) is 12.1 Å². The zero-order valence-electron chi connectivity index (χ0n) is 22.3. The summed E-state index contributed by atoms with van der Waals surface area (Å²) in [6.45, 7) is 3.41. The number of nitrogens with two attached hydrogens (primary N) is 1. The minimum absolute atomic E-state index is 0.148. The number of carbonyl (C=O) groups excluding carboxylic acids is 2. The van der Waals surface area contributed by atoms with Crippen molar-refractivity contribution < 1.29 is 27.5 Å². The van der Waals surface area contributed by atoms with Crippen LogP contribution in [-0.4, -0.2) is 37.1 Å². The molecule has 1 aromatic heterocycles. The molecular weight excluding hydrogens is 504 g/mol. The van der Waals surface area contributed by atoms with E-state index in [1.54, 1.807) is 12.1 Å². The molecule has 0 saturated carbocycles. The van der Waals surface area contributed by atoms with Crippen molar-refractivity contribution in [1.82, 2.24) is 10.6 Å². The SMILES string of the molecule is CCc1cccc(CNCC(OC(=O)CCCCCNC(=O)c2ccco2)C(N)Cc2cc(F)cc(F)c2)c1. The second kappa shape index (κ2) is 15.8. The van der Waals surface area contributed by atoms with Gasteiger partial charge < -0.3 is 25.5 Å². The Kier molecular flexibility index (Phi) is 12.1. The number of nitrogens with one attached hydrogen (secondary N) is 2. The van der Waals surface area contributed by atoms with Crippen LogP contribution in [0.15, 0.2) is 65.3 Å². The first-order valence-electron chi connectivity index (χ1n) is 13.3. The van der Waals surface area contributed by atoms with E-state index in [-0.39, 0.29) is 24.5 Å². The van der Waals surface area contributed by atoms with Crippen molar-refractivity contribution in [3.63, 3.8) is 0 Å². The highest BCUT2D eigenvalue weighted by molar-refractivity contribution is 5.91. The fourth-order valence-corrected chi connectivity index (χ4v) is 4.23. The molecule has 0 saturated heterocycles. The second-order valence-electron chi connectivity index (χ2n) is 9.52. The molecule has 0 aliphatic carbocycles. The molecule has 0 bridgehead atoms. The third-order valence-electron chi connectivity index (χ3n) is 6.32. The lowest BCUT2D eigenvalue weighted by Crippen LogP contribution is -2.46. The Morgan fingerprint density at radius 1 is 0.974 bits per heavy atom. The lowest BCUT2D eigenvalue weighted by atomic mass is 10.0. The molecule has 210 valence electrons. The van der Waals surface area contributed by atoms with Crippen molar-refractivity contribution in [2.75, 3.05) is 13.1 Å². The summed E-state index contributed by atoms with van der Waals surface area (Å²) in [6.07, 6.45) is 4.03. The molecule has 1 heterocycles. The quantitative estimate of drug-likeness (QED) is 0.180. The first-order chi connectivity index (χ1) is 18.8. The number of unbranched alkanes of at least 4 members (excludes halogenated alkanes) is 2. The third-order valence-corrected chi connectivity index (χ3v) is 6.32. The van der Waals surface area contributed by atoms with Gasteiger partial charge in [0, 0.05) is 38.2 Å². The van der Waals surface area contributed by atoms with Gasteiger partial charge in [0.05, 0.1) is 6.26 Å². The summed E-state index contributed by atoms with van der Waals surface area (Å²) in [6, 6.07) is 14.0. The van der Waals surface area contributed by atoms with Gasteiger partial charge in [0.25, 0.3) is 5.91 Å². The van der Waals surface area contributed by atoms with Gasteiger partial charge in [-0.2, -0.15) is 0 Å². The molecule has 0 fully saturated rings. The number of amides is 1. The standard InChI is InChI=1S/C30H37F2N3O4/c1-2-21-8-6-9-22(14-21)19-34-20-28(26(33)17-23-15-24(31)18-25(32)16-23)39-29(36)11-4-3-5-12-35-30(37)27-10-7-13-38-27/h6-10,13-16,18,26,28,34H,2-5,11-12,17,19-20,33H2,1H3,(H,35,37). The molecule has 1 amide bonds. The van der Waals surface area contributed by atoms with Crippen molar-refractivity contribution in [3.8, 4) is 0 Å². The third kappa shape index (κ3) is 10.6. The minimum Gasteiger partial charge on any atom is -0.459 e. The zero-order valence-corrected chi connectivity index (χ0v) is 22.3. The van der Waals surface area contributed by atoms with E-state index in [0.29, 0.717) is 38.0 Å². The first kappa shape index (κ1) is 30.0. The topological polar surface area (TPSA) is 107 Å². The van der Waals surface area contributed by atoms with E-state index in [0.717, 1.165) is 24.5 Å². The van der Waals surface area contributed by atoms with E-state index in [4.69, 9.17) is 14.9 Å². The lowest BCUT2D eigenvalue weighted by Gasteiger charge is -2.25. The summed E-state index contributed by atoms with van der Waals surface area (Å²) in [5.41, 5.74) is 9.09. The van der Waals surface area contributed by atoms with E-state index in [2.05, 4.69) is 29.7 Å². The summed E-state index contributed by atoms with van der Waals surface area (Å²) >= 11 is 0. The number of ether oxygens (including phenoxy) is 1. The fraction of sp³-hybridized carbons (Fsp3) is 0.400. The smallest absolute Gasteiger partial charge is 0.306 e. The van der Waals surface area contributed by atoms with Gasteiger partial charge in [-0.1, -0.05) is 37.6 Å². The van der Waals surface area contributed by atoms with Crippen molar-refractivity contribution in [3.05, 3.63) is 94.9 Å². The second-order valence-corrected chi connectivity index (χ2v) is 9.52. The number of furan rings is 1. The van der Waals surface area contributed by atoms with Crippen LogP contribution in [0, 0.1) is 11.6 Å². The number of aryl methyl sites for hydroxylation is 1. The van der Waals surface area contributed by atoms with Crippen LogP contribution in [0.3, 0.4) is 0 Å². The molecule has 0 radical (unpaired) electrons. The molecule has 2 unspecified atom stereocenters. The highest BCUT2D eigenvalue weighted by Gasteiger charge is 2.23. The van der Waals surface area contributed by atoms with E-state index in [9.17, 15) is 18.4 Å². The van der Waals surface area contributed by atoms with Gasteiger partial charge in [0.15, 0.2) is 5.76 Å². The number of benzene rings is 2. The maximum absolute atomic E-state index is 13.7. The molecule has 9 heteroatoms. The monoisotopic (exact) mass is 541 g/mol. The van der Waals surface area contributed by atoms with Crippen LogP contribution in [0.25, 0.3) is 0 Å². The fourth-order valence-electron chi connectivity index (χ4n) is 4.23. The largest absolute Gasteiger partial charge is 0.459 e. The van der Waals surface area contributed by atoms with Crippen molar-refractivity contribution in [2.24, 2.45) is 5.73 Å². The number of halogens is 2. The predicted octanol–water partition coefficient (Wildman–Crippen LogP) is 4.68. The number of esters is 1. The van der Waals surface area contributed by atoms with Gasteiger partial charge in [-0.25, -0.2) is 8.78 Å². The first-order valence-corrected chi connectivity index (χ1v) is 13.3. The van der Waals surface area contributed by atoms with Gasteiger partial charge in [-0.15, -0.1) is 0 Å². The number of hydrogen-bond donors (Lipinski definition) is 3. The van der Waals surface area contributed by atoms with Gasteiger partial charge in [0.1, 0.15) is 17.7 Å². The Hall–Kier alpha value is -3.56. The van der Waals surface area contributed by atoms with Crippen LogP contribution in [0.5, 0.6) is 0 Å². The molecule has 0 aliphatic rings. The Morgan fingerprint density at radius 2 is 1.74 bits per heavy atom. The zero-order chi connectivity index (χ0) is 28.0. The Balaban J connectivity index is 1.48. The van der Waals surface area contributed by atoms with Crippen LogP contribution in [0.1, 0.15) is 59.9 Å². The van der Waals surface area contributed by atoms with Crippen molar-refractivity contribution >= 4 is 11.9 Å². The Labute approximate surface area is 228 Å². The average molecular weight is 542 g/mol. The van der Waals surface area contributed by atoms with E-state index in [1.165, 1.54) is 24.0 Å². The molecule has 3 rings (SSSR count). The van der Waals surface area contributed by atoms with E-state index < -0.39 is 29.7 Å². The summed E-state index contributed by atoms with van der Waals surface area (Å²) < 4.78 is 38.1. The lowest BCUT2D eigenvalue weighted by molar-refractivity contribution is -0.150. The molecule has 2 aromatic carbocycles. The number of rotatable bonds is 16. The molecule has 39 heavy (non-hydrogen) atoms. The molecule has 7 nitrogen and oxygen atoms in total. The van der Waals surface area contributed by atoms with Crippen LogP contribution in [0.4, 0.5) is 8.78 Å². The maximum Gasteiger partial charge on any atom is 0.306 e. The van der Waals surface area contributed by atoms with Gasteiger partial charge in [0.2, 0.25) is 0 Å². The van der Waals surface area contributed by atoms with Gasteiger partial charge >= 0.3 is 5.97 Å². The van der Waals surface area contributed by atoms with Crippen LogP contribution >= 0.6 is 0 Å². The van der Waals surface area contributed by atoms with Crippen LogP contribution in [0.2, 0.25) is 0 Å². The van der Waals surface area contributed by atoms with E-state index >= 15 is 0 Å². The average Bonchev–Trinajstić information content (AvgIpc) is 3.45. The molecule has 0 aliphatic heterocycles. The molecule has 2 atom stereocenters. The summed E-state index contributed by atoms with van der Waals surface area (Å²) in [4.78, 5) is 24.5. The van der Waals surface area contributed by atoms with Crippen LogP contribution in [-0.2, 0) is 28.9 Å². The highest BCUT2D eigenvalue weighted by atomic mass is 19.1. The van der Waals surface area contributed by atoms with Gasteiger partial charge in [-0.3, -0.25) is 9.59 Å². The highest BCUT2D eigenvalue weighted by Crippen LogP contribution is 2.14. The molecule has 4 N–H and O–H groups in total. The minimum atomic E-state index is -0.689. The van der Waals surface area contributed by atoms with Crippen molar-refractivity contribution in [2.45, 2.75) is 64.1 Å². The van der Waals surface area contributed by atoms with Gasteiger partial charge in [-0.05, 0) is 66.6 Å². The Bertz CT molecular complexity index is 1170. The molecule has 0 spiro atoms. The summed E-state index contributed by atoms with van der Waals surface area (Å²) in [5.74, 6) is -1.77. The maximum atomic E-state index is 13.7. The van der Waals surface area contributed by atoms with Crippen LogP contribution < -0.4 is 16.4 Å². The summed E-state index contributed by atoms with van der Waals surface area (Å²) in [5, 5.41) is 6.07. The number of carbonyl (C=O) groups is 2. The normalized spacial score (nSPS) is 12.6. The molecule has 3 aromatic rings. The number of hydrogen-bond acceptors (Lipinski definition) is 6.